The van der Waals surface area contributed by atoms with Crippen LogP contribution in [0.15, 0.2) is 179 Å². The fourth-order valence-electron chi connectivity index (χ4n) is 8.04. The Bertz CT molecular complexity index is 3120. The summed E-state index contributed by atoms with van der Waals surface area (Å²) in [5, 5.41) is 12.1. The molecule has 0 bridgehead atoms. The summed E-state index contributed by atoms with van der Waals surface area (Å²) in [6.07, 6.45) is 0. The van der Waals surface area contributed by atoms with Crippen molar-refractivity contribution in [1.29, 1.82) is 0 Å². The number of furan rings is 2. The van der Waals surface area contributed by atoms with Crippen molar-refractivity contribution in [3.05, 3.63) is 170 Å². The van der Waals surface area contributed by atoms with Gasteiger partial charge in [-0.05, 0) is 114 Å². The van der Waals surface area contributed by atoms with Gasteiger partial charge in [-0.25, -0.2) is 0 Å². The second-order valence-electron chi connectivity index (χ2n) is 13.2. The van der Waals surface area contributed by atoms with E-state index in [-0.39, 0.29) is 0 Å². The van der Waals surface area contributed by atoms with E-state index in [2.05, 4.69) is 152 Å². The van der Waals surface area contributed by atoms with Crippen LogP contribution >= 0.6 is 0 Å². The van der Waals surface area contributed by atoms with Crippen molar-refractivity contribution in [3.8, 4) is 33.4 Å². The summed E-state index contributed by atoms with van der Waals surface area (Å²) >= 11 is 0. The summed E-state index contributed by atoms with van der Waals surface area (Å²) in [7, 11) is 0. The van der Waals surface area contributed by atoms with Gasteiger partial charge < -0.3 is 8.83 Å². The van der Waals surface area contributed by atoms with Gasteiger partial charge >= 0.3 is 0 Å². The Labute approximate surface area is 287 Å². The molecule has 11 rings (SSSR count). The van der Waals surface area contributed by atoms with Gasteiger partial charge in [0, 0.05) is 21.5 Å². The average Bonchev–Trinajstić information content (AvgIpc) is 3.76. The van der Waals surface area contributed by atoms with Crippen molar-refractivity contribution in [1.82, 2.24) is 0 Å². The normalized spacial score (nSPS) is 12.0. The highest BCUT2D eigenvalue weighted by atomic mass is 16.4. The minimum atomic E-state index is 0.797. The predicted octanol–water partition coefficient (Wildman–Crippen LogP) is 13.9. The Hall–Kier alpha value is -6.64. The van der Waals surface area contributed by atoms with E-state index < -0.39 is 0 Å². The lowest BCUT2D eigenvalue weighted by atomic mass is 9.91. The maximum absolute atomic E-state index is 6.41. The summed E-state index contributed by atoms with van der Waals surface area (Å²) in [5.74, 6) is 0. The number of rotatable bonds is 3. The molecule has 0 unspecified atom stereocenters. The van der Waals surface area contributed by atoms with Crippen LogP contribution < -0.4 is 0 Å². The highest BCUT2D eigenvalue weighted by Crippen LogP contribution is 2.41. The van der Waals surface area contributed by atoms with Gasteiger partial charge in [0.1, 0.15) is 11.2 Å². The molecule has 0 amide bonds. The summed E-state index contributed by atoms with van der Waals surface area (Å²) in [4.78, 5) is 0. The van der Waals surface area contributed by atoms with Crippen LogP contribution in [0.2, 0.25) is 0 Å². The molecule has 0 N–H and O–H groups in total. The lowest BCUT2D eigenvalue weighted by molar-refractivity contribution is 0.633. The third-order valence-corrected chi connectivity index (χ3v) is 10.5. The first-order chi connectivity index (χ1) is 24.8. The standard InChI is InChI=1S/C48H28O2/c1-2-15-37-35(13-1)36-14-3-4-16-38(36)43-27-33(19-21-39(37)43)31-11-7-9-29(25-31)30-10-8-12-32(26-30)34-20-24-46-44(28-34)42-23-22-41-40-17-5-6-18-45(40)49-47(41)48(42)50-46/h1-28H. The summed E-state index contributed by atoms with van der Waals surface area (Å²) in [5.41, 5.74) is 10.4. The molecule has 2 heteroatoms. The van der Waals surface area contributed by atoms with Crippen molar-refractivity contribution in [2.75, 3.05) is 0 Å². The van der Waals surface area contributed by atoms with Crippen LogP contribution in [0.5, 0.6) is 0 Å². The van der Waals surface area contributed by atoms with Crippen LogP contribution in [0.1, 0.15) is 0 Å². The molecule has 50 heavy (non-hydrogen) atoms. The molecular formula is C48H28O2. The van der Waals surface area contributed by atoms with E-state index in [9.17, 15) is 0 Å². The van der Waals surface area contributed by atoms with E-state index >= 15 is 0 Å². The number of para-hydroxylation sites is 1. The topological polar surface area (TPSA) is 26.3 Å². The average molecular weight is 637 g/mol. The van der Waals surface area contributed by atoms with Gasteiger partial charge in [-0.3, -0.25) is 0 Å². The molecule has 0 aliphatic carbocycles. The molecule has 2 heterocycles. The van der Waals surface area contributed by atoms with Crippen molar-refractivity contribution < 1.29 is 8.83 Å². The van der Waals surface area contributed by atoms with Crippen molar-refractivity contribution in [2.24, 2.45) is 0 Å². The Kier molecular flexibility index (Phi) is 5.70. The highest BCUT2D eigenvalue weighted by Gasteiger charge is 2.17. The van der Waals surface area contributed by atoms with Crippen molar-refractivity contribution in [3.63, 3.8) is 0 Å². The molecular weight excluding hydrogens is 609 g/mol. The summed E-state index contributed by atoms with van der Waals surface area (Å²) < 4.78 is 12.7. The minimum Gasteiger partial charge on any atom is -0.452 e. The third kappa shape index (κ3) is 4.03. The van der Waals surface area contributed by atoms with Crippen LogP contribution in [0.3, 0.4) is 0 Å². The van der Waals surface area contributed by atoms with E-state index in [1.165, 1.54) is 54.6 Å². The van der Waals surface area contributed by atoms with Gasteiger partial charge in [-0.1, -0.05) is 121 Å². The zero-order chi connectivity index (χ0) is 32.8. The van der Waals surface area contributed by atoms with Gasteiger partial charge in [-0.15, -0.1) is 0 Å². The molecule has 0 aliphatic heterocycles. The lowest BCUT2D eigenvalue weighted by Crippen LogP contribution is -1.86. The summed E-state index contributed by atoms with van der Waals surface area (Å²) in [6.45, 7) is 0. The number of fused-ring (bicyclic) bond motifs is 13. The monoisotopic (exact) mass is 636 g/mol. The molecule has 0 saturated heterocycles. The van der Waals surface area contributed by atoms with Crippen LogP contribution in [0.25, 0.3) is 110 Å². The number of benzene rings is 9. The van der Waals surface area contributed by atoms with Gasteiger partial charge in [0.05, 0.1) is 0 Å². The first-order valence-corrected chi connectivity index (χ1v) is 17.1. The Morgan fingerprint density at radius 2 is 0.600 bits per heavy atom. The molecule has 2 aromatic heterocycles. The molecule has 0 saturated carbocycles. The van der Waals surface area contributed by atoms with E-state index in [1.54, 1.807) is 0 Å². The number of hydrogen-bond donors (Lipinski definition) is 0. The molecule has 0 spiro atoms. The fourth-order valence-corrected chi connectivity index (χ4v) is 8.04. The number of hydrogen-bond acceptors (Lipinski definition) is 2. The Balaban J connectivity index is 0.997. The zero-order valence-electron chi connectivity index (χ0n) is 27.0. The maximum atomic E-state index is 6.41. The van der Waals surface area contributed by atoms with Crippen molar-refractivity contribution >= 4 is 76.2 Å². The smallest absolute Gasteiger partial charge is 0.178 e. The SMILES string of the molecule is c1cc(-c2cccc(-c3ccc4c5ccccc5c5ccccc5c4c3)c2)cc(-c2ccc3oc4c(ccc5c6ccccc6oc54)c3c2)c1. The van der Waals surface area contributed by atoms with Crippen LogP contribution in [0, 0.1) is 0 Å². The van der Waals surface area contributed by atoms with Gasteiger partial charge in [0.2, 0.25) is 0 Å². The largest absolute Gasteiger partial charge is 0.452 e. The van der Waals surface area contributed by atoms with E-state index in [1.807, 2.05) is 18.2 Å². The zero-order valence-corrected chi connectivity index (χ0v) is 27.0. The van der Waals surface area contributed by atoms with Crippen LogP contribution in [-0.2, 0) is 0 Å². The second kappa shape index (κ2) is 10.4. The molecule has 9 aromatic carbocycles. The summed E-state index contributed by atoms with van der Waals surface area (Å²) in [6, 6.07) is 61.1. The van der Waals surface area contributed by atoms with Crippen molar-refractivity contribution in [2.45, 2.75) is 0 Å². The molecule has 232 valence electrons. The first kappa shape index (κ1) is 27.3. The lowest BCUT2D eigenvalue weighted by Gasteiger charge is -2.13. The minimum absolute atomic E-state index is 0.797. The van der Waals surface area contributed by atoms with Crippen LogP contribution in [0.4, 0.5) is 0 Å². The molecule has 0 aliphatic rings. The van der Waals surface area contributed by atoms with Gasteiger partial charge in [0.25, 0.3) is 0 Å². The van der Waals surface area contributed by atoms with E-state index in [4.69, 9.17) is 8.83 Å². The predicted molar refractivity (Wildman–Crippen MR) is 210 cm³/mol. The third-order valence-electron chi connectivity index (χ3n) is 10.5. The second-order valence-corrected chi connectivity index (χ2v) is 13.2. The van der Waals surface area contributed by atoms with E-state index in [0.717, 1.165) is 55.0 Å². The van der Waals surface area contributed by atoms with Gasteiger partial charge in [0.15, 0.2) is 11.2 Å². The Morgan fingerprint density at radius 3 is 1.18 bits per heavy atom. The molecule has 0 fully saturated rings. The van der Waals surface area contributed by atoms with Gasteiger partial charge in [-0.2, -0.15) is 0 Å². The molecule has 2 nitrogen and oxygen atoms in total. The Morgan fingerprint density at radius 1 is 0.220 bits per heavy atom. The highest BCUT2D eigenvalue weighted by molar-refractivity contribution is 6.26. The van der Waals surface area contributed by atoms with Crippen LogP contribution in [-0.4, -0.2) is 0 Å². The first-order valence-electron chi connectivity index (χ1n) is 17.1. The van der Waals surface area contributed by atoms with E-state index in [0.29, 0.717) is 0 Å². The molecule has 11 aromatic rings. The maximum Gasteiger partial charge on any atom is 0.178 e. The fraction of sp³-hybridized carbons (Fsp3) is 0. The quantitative estimate of drug-likeness (QED) is 0.180. The molecule has 0 atom stereocenters. The molecule has 0 radical (unpaired) electrons.